The summed E-state index contributed by atoms with van der Waals surface area (Å²) in [4.78, 5) is 24.6. The third kappa shape index (κ3) is 5.24. The van der Waals surface area contributed by atoms with Gasteiger partial charge in [0, 0.05) is 18.3 Å². The monoisotopic (exact) mass is 427 g/mol. The highest BCUT2D eigenvalue weighted by Gasteiger charge is 2.19. The zero-order chi connectivity index (χ0) is 21.7. The van der Waals surface area contributed by atoms with E-state index in [0.29, 0.717) is 22.2 Å². The molecule has 1 aromatic heterocycles. The first kappa shape index (κ1) is 21.5. The number of benzene rings is 2. The van der Waals surface area contributed by atoms with E-state index in [4.69, 9.17) is 0 Å². The van der Waals surface area contributed by atoms with Crippen molar-refractivity contribution in [3.8, 4) is 0 Å². The molecule has 0 saturated heterocycles. The number of carbonyl (C=O) groups is 2. The van der Waals surface area contributed by atoms with Crippen LogP contribution in [0.15, 0.2) is 53.7 Å². The number of aryl methyl sites for hydroxylation is 1. The van der Waals surface area contributed by atoms with E-state index < -0.39 is 0 Å². The fraction of sp³-hybridized carbons (Fsp3) is 0.238. The van der Waals surface area contributed by atoms with Crippen LogP contribution in [-0.2, 0) is 11.8 Å². The second-order valence-electron chi connectivity index (χ2n) is 6.75. The fourth-order valence-electron chi connectivity index (χ4n) is 2.86. The number of hydrogen-bond acceptors (Lipinski definition) is 5. The number of carbonyl (C=O) groups excluding carboxylic acids is 2. The normalized spacial score (nSPS) is 11.7. The average Bonchev–Trinajstić information content (AvgIpc) is 3.09. The molecule has 0 fully saturated rings. The number of amides is 2. The van der Waals surface area contributed by atoms with Crippen molar-refractivity contribution in [2.75, 3.05) is 11.1 Å². The van der Waals surface area contributed by atoms with Gasteiger partial charge in [0.1, 0.15) is 5.82 Å². The molecule has 0 aliphatic carbocycles. The number of rotatable bonds is 7. The maximum Gasteiger partial charge on any atom is 0.252 e. The Labute approximate surface area is 178 Å². The van der Waals surface area contributed by atoms with E-state index in [1.165, 1.54) is 36.0 Å². The van der Waals surface area contributed by atoms with Crippen molar-refractivity contribution in [2.45, 2.75) is 25.0 Å². The van der Waals surface area contributed by atoms with E-state index in [2.05, 4.69) is 20.8 Å². The summed E-state index contributed by atoms with van der Waals surface area (Å²) in [6.45, 7) is 3.71. The van der Waals surface area contributed by atoms with Crippen LogP contribution in [0.25, 0.3) is 0 Å². The number of anilines is 1. The molecule has 1 unspecified atom stereocenters. The van der Waals surface area contributed by atoms with E-state index in [0.717, 1.165) is 5.56 Å². The van der Waals surface area contributed by atoms with Gasteiger partial charge in [-0.25, -0.2) is 4.39 Å². The van der Waals surface area contributed by atoms with Crippen molar-refractivity contribution in [3.05, 3.63) is 71.3 Å². The summed E-state index contributed by atoms with van der Waals surface area (Å²) < 4.78 is 14.7. The van der Waals surface area contributed by atoms with Gasteiger partial charge in [0.05, 0.1) is 11.8 Å². The van der Waals surface area contributed by atoms with E-state index in [1.54, 1.807) is 17.7 Å². The Morgan fingerprint density at radius 2 is 1.83 bits per heavy atom. The fourth-order valence-corrected chi connectivity index (χ4v) is 3.57. The number of halogens is 1. The van der Waals surface area contributed by atoms with E-state index in [9.17, 15) is 14.0 Å². The molecule has 0 saturated carbocycles. The summed E-state index contributed by atoms with van der Waals surface area (Å²) in [5.41, 5.74) is 2.02. The Bertz CT molecular complexity index is 1050. The summed E-state index contributed by atoms with van der Waals surface area (Å²) in [5.74, 6) is -0.0858. The lowest BCUT2D eigenvalue weighted by atomic mass is 10.1. The Morgan fingerprint density at radius 1 is 1.13 bits per heavy atom. The second-order valence-corrected chi connectivity index (χ2v) is 7.70. The molecule has 0 spiro atoms. The maximum atomic E-state index is 12.9. The molecular formula is C21H22FN5O2S. The number of aromatic nitrogens is 3. The van der Waals surface area contributed by atoms with Crippen molar-refractivity contribution < 1.29 is 14.0 Å². The number of thioether (sulfide) groups is 1. The Hall–Kier alpha value is -3.20. The number of hydrogen-bond donors (Lipinski definition) is 2. The van der Waals surface area contributed by atoms with Crippen LogP contribution >= 0.6 is 11.8 Å². The Balaban J connectivity index is 1.58. The van der Waals surface area contributed by atoms with Gasteiger partial charge in [-0.2, -0.15) is 0 Å². The van der Waals surface area contributed by atoms with Gasteiger partial charge in [-0.15, -0.1) is 10.2 Å². The molecule has 2 amide bonds. The summed E-state index contributed by atoms with van der Waals surface area (Å²) in [5, 5.41) is 14.5. The lowest BCUT2D eigenvalue weighted by Crippen LogP contribution is -2.29. The number of nitrogens with one attached hydrogen (secondary N) is 2. The molecule has 1 atom stereocenters. The van der Waals surface area contributed by atoms with Crippen LogP contribution in [-0.4, -0.2) is 32.3 Å². The second kappa shape index (κ2) is 9.53. The van der Waals surface area contributed by atoms with Crippen LogP contribution in [0.4, 0.5) is 10.1 Å². The van der Waals surface area contributed by atoms with E-state index >= 15 is 0 Å². The molecule has 3 aromatic rings. The molecule has 7 nitrogen and oxygen atoms in total. The SMILES string of the molecule is Cc1ccccc1C(=O)NC(C)c1nnc(SCC(=O)Nc2ccc(F)cc2)n1C. The molecule has 1 heterocycles. The Morgan fingerprint density at radius 3 is 2.53 bits per heavy atom. The van der Waals surface area contributed by atoms with Gasteiger partial charge in [0.25, 0.3) is 5.91 Å². The smallest absolute Gasteiger partial charge is 0.252 e. The van der Waals surface area contributed by atoms with Crippen LogP contribution in [0.2, 0.25) is 0 Å². The Kier molecular flexibility index (Phi) is 6.83. The van der Waals surface area contributed by atoms with Gasteiger partial charge in [-0.1, -0.05) is 30.0 Å². The summed E-state index contributed by atoms with van der Waals surface area (Å²) in [7, 11) is 1.78. The average molecular weight is 428 g/mol. The molecule has 0 radical (unpaired) electrons. The summed E-state index contributed by atoms with van der Waals surface area (Å²) >= 11 is 1.22. The highest BCUT2D eigenvalue weighted by molar-refractivity contribution is 7.99. The van der Waals surface area contributed by atoms with Crippen molar-refractivity contribution in [3.63, 3.8) is 0 Å². The van der Waals surface area contributed by atoms with Crippen LogP contribution < -0.4 is 10.6 Å². The van der Waals surface area contributed by atoms with Gasteiger partial charge in [-0.05, 0) is 49.7 Å². The third-order valence-corrected chi connectivity index (χ3v) is 5.47. The van der Waals surface area contributed by atoms with Gasteiger partial charge in [0.2, 0.25) is 5.91 Å². The molecule has 156 valence electrons. The minimum atomic E-state index is -0.364. The third-order valence-electron chi connectivity index (χ3n) is 4.45. The summed E-state index contributed by atoms with van der Waals surface area (Å²) in [6.07, 6.45) is 0. The first-order chi connectivity index (χ1) is 14.3. The standard InChI is InChI=1S/C21H22FN5O2S/c1-13-6-4-5-7-17(13)20(29)23-14(2)19-25-26-21(27(19)3)30-12-18(28)24-16-10-8-15(22)9-11-16/h4-11,14H,12H2,1-3H3,(H,23,29)(H,24,28). The van der Waals surface area contributed by atoms with Crippen molar-refractivity contribution in [1.29, 1.82) is 0 Å². The molecule has 9 heteroatoms. The van der Waals surface area contributed by atoms with Crippen molar-refractivity contribution >= 4 is 29.3 Å². The molecule has 3 rings (SSSR count). The lowest BCUT2D eigenvalue weighted by molar-refractivity contribution is -0.113. The molecular weight excluding hydrogens is 405 g/mol. The van der Waals surface area contributed by atoms with Gasteiger partial charge in [-0.3, -0.25) is 9.59 Å². The van der Waals surface area contributed by atoms with Gasteiger partial charge in [0.15, 0.2) is 11.0 Å². The molecule has 0 aliphatic rings. The minimum Gasteiger partial charge on any atom is -0.342 e. The van der Waals surface area contributed by atoms with Crippen LogP contribution in [0.5, 0.6) is 0 Å². The highest BCUT2D eigenvalue weighted by Crippen LogP contribution is 2.20. The highest BCUT2D eigenvalue weighted by atomic mass is 32.2. The minimum absolute atomic E-state index is 0.118. The lowest BCUT2D eigenvalue weighted by Gasteiger charge is -2.14. The largest absolute Gasteiger partial charge is 0.342 e. The quantitative estimate of drug-likeness (QED) is 0.564. The first-order valence-corrected chi connectivity index (χ1v) is 10.3. The van der Waals surface area contributed by atoms with Gasteiger partial charge >= 0.3 is 0 Å². The van der Waals surface area contributed by atoms with E-state index in [-0.39, 0.29) is 29.4 Å². The zero-order valence-electron chi connectivity index (χ0n) is 16.8. The number of nitrogens with zero attached hydrogens (tertiary/aromatic N) is 3. The van der Waals surface area contributed by atoms with Crippen molar-refractivity contribution in [2.24, 2.45) is 7.05 Å². The van der Waals surface area contributed by atoms with Crippen LogP contribution in [0.3, 0.4) is 0 Å². The molecule has 30 heavy (non-hydrogen) atoms. The first-order valence-electron chi connectivity index (χ1n) is 9.29. The maximum absolute atomic E-state index is 12.9. The molecule has 0 aliphatic heterocycles. The topological polar surface area (TPSA) is 88.9 Å². The van der Waals surface area contributed by atoms with E-state index in [1.807, 2.05) is 32.0 Å². The molecule has 2 N–H and O–H groups in total. The van der Waals surface area contributed by atoms with Crippen molar-refractivity contribution in [1.82, 2.24) is 20.1 Å². The predicted molar refractivity (Wildman–Crippen MR) is 114 cm³/mol. The summed E-state index contributed by atoms with van der Waals surface area (Å²) in [6, 6.07) is 12.6. The molecule has 0 bridgehead atoms. The zero-order valence-corrected chi connectivity index (χ0v) is 17.7. The van der Waals surface area contributed by atoms with Gasteiger partial charge < -0.3 is 15.2 Å². The predicted octanol–water partition coefficient (Wildman–Crippen LogP) is 3.48. The molecule has 2 aromatic carbocycles. The van der Waals surface area contributed by atoms with Crippen LogP contribution in [0, 0.1) is 12.7 Å². The van der Waals surface area contributed by atoms with Crippen LogP contribution in [0.1, 0.15) is 34.7 Å².